The summed E-state index contributed by atoms with van der Waals surface area (Å²) in [5.74, 6) is -0.774. The molecule has 1 N–H and O–H groups in total. The summed E-state index contributed by atoms with van der Waals surface area (Å²) < 4.78 is 6.11. The topological polar surface area (TPSA) is 90.6 Å². The number of hydrogen-bond acceptors (Lipinski definition) is 6. The zero-order chi connectivity index (χ0) is 22.7. The van der Waals surface area contributed by atoms with Crippen molar-refractivity contribution in [1.82, 2.24) is 4.90 Å². The van der Waals surface area contributed by atoms with Gasteiger partial charge in [0.15, 0.2) is 0 Å². The molecule has 32 heavy (non-hydrogen) atoms. The Balaban J connectivity index is 1.48. The lowest BCUT2D eigenvalue weighted by atomic mass is 10.1. The van der Waals surface area contributed by atoms with Crippen molar-refractivity contribution in [2.75, 3.05) is 6.54 Å². The maximum absolute atomic E-state index is 12.4. The van der Waals surface area contributed by atoms with E-state index in [-0.39, 0.29) is 4.32 Å². The monoisotopic (exact) mass is 460 g/mol. The van der Waals surface area contributed by atoms with Gasteiger partial charge in [-0.1, -0.05) is 54.3 Å². The molecule has 0 aromatic heterocycles. The van der Waals surface area contributed by atoms with Gasteiger partial charge in [-0.2, -0.15) is 5.26 Å². The molecule has 8 heteroatoms. The molecular formula is C24H16N2O4S2. The number of benzene rings is 3. The minimum Gasteiger partial charge on any atom is -0.489 e. The number of amides is 1. The number of carbonyl (C=O) groups excluding carboxylic acids is 1. The third-order valence-electron chi connectivity index (χ3n) is 4.79. The lowest BCUT2D eigenvalue weighted by molar-refractivity contribution is -0.140. The third kappa shape index (κ3) is 4.80. The van der Waals surface area contributed by atoms with Crippen LogP contribution in [0.3, 0.4) is 0 Å². The third-order valence-corrected chi connectivity index (χ3v) is 6.17. The fraction of sp³-hybridized carbons (Fsp3) is 0.0833. The van der Waals surface area contributed by atoms with Crippen molar-refractivity contribution in [3.63, 3.8) is 0 Å². The predicted molar refractivity (Wildman–Crippen MR) is 127 cm³/mol. The first-order chi connectivity index (χ1) is 15.4. The van der Waals surface area contributed by atoms with Crippen LogP contribution in [0.1, 0.15) is 16.7 Å². The highest BCUT2D eigenvalue weighted by molar-refractivity contribution is 8.26. The molecule has 3 aromatic carbocycles. The van der Waals surface area contributed by atoms with E-state index in [0.29, 0.717) is 17.1 Å². The molecule has 1 aliphatic heterocycles. The molecule has 0 atom stereocenters. The van der Waals surface area contributed by atoms with Gasteiger partial charge in [0.1, 0.15) is 23.2 Å². The number of carboxylic acids is 1. The highest BCUT2D eigenvalue weighted by atomic mass is 32.2. The van der Waals surface area contributed by atoms with E-state index in [1.165, 1.54) is 0 Å². The summed E-state index contributed by atoms with van der Waals surface area (Å²) in [4.78, 5) is 24.9. The van der Waals surface area contributed by atoms with Gasteiger partial charge in [-0.3, -0.25) is 14.5 Å². The molecule has 6 nitrogen and oxygen atoms in total. The zero-order valence-electron chi connectivity index (χ0n) is 16.6. The number of thioether (sulfide) groups is 1. The van der Waals surface area contributed by atoms with Gasteiger partial charge >= 0.3 is 5.97 Å². The van der Waals surface area contributed by atoms with Gasteiger partial charge in [-0.05, 0) is 58.3 Å². The first kappa shape index (κ1) is 21.6. The number of rotatable bonds is 6. The minimum atomic E-state index is -1.11. The molecular weight excluding hydrogens is 444 g/mol. The van der Waals surface area contributed by atoms with E-state index in [1.54, 1.807) is 18.2 Å². The second-order valence-corrected chi connectivity index (χ2v) is 8.70. The van der Waals surface area contributed by atoms with Crippen LogP contribution < -0.4 is 4.74 Å². The van der Waals surface area contributed by atoms with Crippen LogP contribution in [0.4, 0.5) is 0 Å². The van der Waals surface area contributed by atoms with Crippen LogP contribution in [0.5, 0.6) is 5.75 Å². The average Bonchev–Trinajstić information content (AvgIpc) is 3.05. The Morgan fingerprint density at radius 2 is 1.84 bits per heavy atom. The van der Waals surface area contributed by atoms with Crippen molar-refractivity contribution >= 4 is 57.0 Å². The normalized spacial score (nSPS) is 14.7. The van der Waals surface area contributed by atoms with E-state index in [4.69, 9.17) is 27.3 Å². The van der Waals surface area contributed by atoms with Gasteiger partial charge in [-0.15, -0.1) is 0 Å². The highest BCUT2D eigenvalue weighted by Gasteiger charge is 2.33. The maximum atomic E-state index is 12.4. The molecule has 1 fully saturated rings. The number of nitriles is 1. The van der Waals surface area contributed by atoms with Gasteiger partial charge in [-0.25, -0.2) is 0 Å². The van der Waals surface area contributed by atoms with Crippen LogP contribution in [-0.4, -0.2) is 32.7 Å². The summed E-state index contributed by atoms with van der Waals surface area (Å²) in [6, 6.07) is 20.9. The second-order valence-electron chi connectivity index (χ2n) is 7.03. The number of carbonyl (C=O) groups is 2. The molecule has 1 aliphatic rings. The minimum absolute atomic E-state index is 0.244. The Bertz CT molecular complexity index is 1310. The summed E-state index contributed by atoms with van der Waals surface area (Å²) in [7, 11) is 0. The van der Waals surface area contributed by atoms with Crippen molar-refractivity contribution in [2.45, 2.75) is 6.61 Å². The first-order valence-corrected chi connectivity index (χ1v) is 10.8. The summed E-state index contributed by atoms with van der Waals surface area (Å²) in [6.07, 6.45) is 1.72. The number of aliphatic carboxylic acids is 1. The molecule has 1 heterocycles. The van der Waals surface area contributed by atoms with E-state index in [9.17, 15) is 9.59 Å². The van der Waals surface area contributed by atoms with Crippen molar-refractivity contribution in [3.05, 3.63) is 82.3 Å². The molecule has 1 saturated heterocycles. The summed E-state index contributed by atoms with van der Waals surface area (Å²) in [6.45, 7) is -0.0432. The summed E-state index contributed by atoms with van der Waals surface area (Å²) in [5, 5.41) is 19.8. The molecule has 0 bridgehead atoms. The molecule has 0 saturated carbocycles. The highest BCUT2D eigenvalue weighted by Crippen LogP contribution is 2.33. The molecule has 1 amide bonds. The van der Waals surface area contributed by atoms with Crippen molar-refractivity contribution < 1.29 is 19.4 Å². The Kier molecular flexibility index (Phi) is 6.21. The molecule has 158 valence electrons. The maximum Gasteiger partial charge on any atom is 0.323 e. The smallest absolute Gasteiger partial charge is 0.323 e. The van der Waals surface area contributed by atoms with E-state index < -0.39 is 18.4 Å². The van der Waals surface area contributed by atoms with Gasteiger partial charge in [0, 0.05) is 0 Å². The van der Waals surface area contributed by atoms with Gasteiger partial charge in [0.25, 0.3) is 5.91 Å². The van der Waals surface area contributed by atoms with Gasteiger partial charge in [0.2, 0.25) is 0 Å². The predicted octanol–water partition coefficient (Wildman–Crippen LogP) is 4.58. The Morgan fingerprint density at radius 1 is 1.12 bits per heavy atom. The fourth-order valence-electron chi connectivity index (χ4n) is 3.19. The van der Waals surface area contributed by atoms with Crippen LogP contribution in [0, 0.1) is 11.3 Å². The molecule has 3 aromatic rings. The number of ether oxygens (including phenoxy) is 1. The van der Waals surface area contributed by atoms with Crippen molar-refractivity contribution in [3.8, 4) is 11.8 Å². The molecule has 0 radical (unpaired) electrons. The summed E-state index contributed by atoms with van der Waals surface area (Å²) in [5.41, 5.74) is 2.40. The number of carboxylic acid groups (broad SMARTS) is 1. The van der Waals surface area contributed by atoms with Gasteiger partial charge in [0.05, 0.1) is 16.5 Å². The number of fused-ring (bicyclic) bond motifs is 1. The number of thiocarbonyl (C=S) groups is 1. The quantitative estimate of drug-likeness (QED) is 0.425. The van der Waals surface area contributed by atoms with Crippen LogP contribution in [0.2, 0.25) is 0 Å². The zero-order valence-corrected chi connectivity index (χ0v) is 18.3. The largest absolute Gasteiger partial charge is 0.489 e. The van der Waals surface area contributed by atoms with Crippen LogP contribution in [0.15, 0.2) is 65.6 Å². The Labute approximate surface area is 193 Å². The Hall–Kier alpha value is -3.67. The number of hydrogen-bond donors (Lipinski definition) is 1. The SMILES string of the molecule is N#Cc1ccc(COc2ccc3cc(/C=C4\SC(=S)N(CC(=O)O)C4=O)ccc3c2)cc1. The van der Waals surface area contributed by atoms with Crippen molar-refractivity contribution in [2.24, 2.45) is 0 Å². The van der Waals surface area contributed by atoms with E-state index in [1.807, 2.05) is 48.5 Å². The lowest BCUT2D eigenvalue weighted by Gasteiger charge is -2.10. The van der Waals surface area contributed by atoms with Crippen molar-refractivity contribution in [1.29, 1.82) is 5.26 Å². The molecule has 0 spiro atoms. The molecule has 0 unspecified atom stereocenters. The van der Waals surface area contributed by atoms with Crippen LogP contribution >= 0.6 is 24.0 Å². The lowest BCUT2D eigenvalue weighted by Crippen LogP contribution is -2.33. The number of nitrogens with zero attached hydrogens (tertiary/aromatic N) is 2. The first-order valence-electron chi connectivity index (χ1n) is 9.56. The van der Waals surface area contributed by atoms with Crippen LogP contribution in [0.25, 0.3) is 16.8 Å². The molecule has 0 aliphatic carbocycles. The Morgan fingerprint density at radius 3 is 2.56 bits per heavy atom. The second kappa shape index (κ2) is 9.22. The molecule has 4 rings (SSSR count). The van der Waals surface area contributed by atoms with E-state index in [2.05, 4.69) is 6.07 Å². The van der Waals surface area contributed by atoms with Crippen LogP contribution in [-0.2, 0) is 16.2 Å². The van der Waals surface area contributed by atoms with Gasteiger partial charge < -0.3 is 9.84 Å². The van der Waals surface area contributed by atoms with E-state index in [0.717, 1.165) is 44.3 Å². The average molecular weight is 461 g/mol. The van der Waals surface area contributed by atoms with E-state index >= 15 is 0 Å². The summed E-state index contributed by atoms with van der Waals surface area (Å²) >= 11 is 6.23. The standard InChI is InChI=1S/C24H16N2O4S2/c25-12-15-1-3-16(4-2-15)14-30-20-8-7-18-9-17(5-6-19(18)11-20)10-21-23(29)26(13-22(27)28)24(31)32-21/h1-11H,13-14H2,(H,27,28)/b21-10-. The fourth-order valence-corrected chi connectivity index (χ4v) is 4.44.